The van der Waals surface area contributed by atoms with Crippen LogP contribution in [0.1, 0.15) is 19.3 Å². The van der Waals surface area contributed by atoms with Crippen LogP contribution < -0.4 is 16.6 Å². The SMILES string of the molecule is COC1(CNC(=O)C(=O)NN)CCC1. The first-order chi connectivity index (χ1) is 6.63. The molecule has 0 spiro atoms. The van der Waals surface area contributed by atoms with Gasteiger partial charge < -0.3 is 10.1 Å². The van der Waals surface area contributed by atoms with E-state index in [0.29, 0.717) is 6.54 Å². The molecule has 1 fully saturated rings. The van der Waals surface area contributed by atoms with E-state index in [4.69, 9.17) is 10.6 Å². The Morgan fingerprint density at radius 3 is 2.43 bits per heavy atom. The normalized spacial score (nSPS) is 18.1. The number of carbonyl (C=O) groups is 2. The first-order valence-corrected chi connectivity index (χ1v) is 4.47. The van der Waals surface area contributed by atoms with Crippen LogP contribution in [0.3, 0.4) is 0 Å². The van der Waals surface area contributed by atoms with Gasteiger partial charge in [0.05, 0.1) is 5.60 Å². The third-order valence-electron chi connectivity index (χ3n) is 2.61. The Morgan fingerprint density at radius 2 is 2.07 bits per heavy atom. The smallest absolute Gasteiger partial charge is 0.323 e. The van der Waals surface area contributed by atoms with E-state index in [1.165, 1.54) is 0 Å². The van der Waals surface area contributed by atoms with Gasteiger partial charge in [0.1, 0.15) is 0 Å². The van der Waals surface area contributed by atoms with Gasteiger partial charge in [-0.1, -0.05) is 0 Å². The number of carbonyl (C=O) groups excluding carboxylic acids is 2. The van der Waals surface area contributed by atoms with Gasteiger partial charge in [-0.25, -0.2) is 5.84 Å². The fourth-order valence-corrected chi connectivity index (χ4v) is 1.41. The summed E-state index contributed by atoms with van der Waals surface area (Å²) in [7, 11) is 1.61. The van der Waals surface area contributed by atoms with Crippen LogP contribution >= 0.6 is 0 Å². The molecule has 6 nitrogen and oxygen atoms in total. The quantitative estimate of drug-likeness (QED) is 0.228. The highest BCUT2D eigenvalue weighted by Gasteiger charge is 2.37. The minimum atomic E-state index is -0.837. The molecule has 0 bridgehead atoms. The summed E-state index contributed by atoms with van der Waals surface area (Å²) in [6.45, 7) is 0.357. The molecule has 1 saturated carbocycles. The van der Waals surface area contributed by atoms with Crippen LogP contribution in [-0.2, 0) is 14.3 Å². The average Bonchev–Trinajstić information content (AvgIpc) is 2.15. The number of hydrogen-bond acceptors (Lipinski definition) is 4. The lowest BCUT2D eigenvalue weighted by atomic mass is 9.80. The summed E-state index contributed by atoms with van der Waals surface area (Å²) in [6, 6.07) is 0. The minimum Gasteiger partial charge on any atom is -0.376 e. The van der Waals surface area contributed by atoms with E-state index in [2.05, 4.69) is 5.32 Å². The molecule has 1 aliphatic rings. The summed E-state index contributed by atoms with van der Waals surface area (Å²) >= 11 is 0. The molecule has 2 amide bonds. The van der Waals surface area contributed by atoms with Gasteiger partial charge in [0.2, 0.25) is 0 Å². The first kappa shape index (κ1) is 10.9. The van der Waals surface area contributed by atoms with Crippen molar-refractivity contribution in [1.82, 2.24) is 10.7 Å². The van der Waals surface area contributed by atoms with E-state index in [1.54, 1.807) is 12.5 Å². The Hall–Kier alpha value is -1.14. The van der Waals surface area contributed by atoms with Gasteiger partial charge in [-0.3, -0.25) is 15.0 Å². The summed E-state index contributed by atoms with van der Waals surface area (Å²) in [5, 5.41) is 2.47. The van der Waals surface area contributed by atoms with Gasteiger partial charge in [0.25, 0.3) is 0 Å². The molecule has 4 N–H and O–H groups in total. The number of nitrogens with two attached hydrogens (primary N) is 1. The average molecular weight is 201 g/mol. The van der Waals surface area contributed by atoms with Crippen molar-refractivity contribution in [2.24, 2.45) is 5.84 Å². The first-order valence-electron chi connectivity index (χ1n) is 4.47. The predicted molar refractivity (Wildman–Crippen MR) is 48.9 cm³/mol. The van der Waals surface area contributed by atoms with Crippen molar-refractivity contribution >= 4 is 11.8 Å². The second kappa shape index (κ2) is 4.39. The number of ether oxygens (including phenoxy) is 1. The molecule has 14 heavy (non-hydrogen) atoms. The Morgan fingerprint density at radius 1 is 1.43 bits per heavy atom. The van der Waals surface area contributed by atoms with Crippen molar-refractivity contribution in [1.29, 1.82) is 0 Å². The van der Waals surface area contributed by atoms with Crippen LogP contribution in [-0.4, -0.2) is 31.1 Å². The molecule has 0 radical (unpaired) electrons. The van der Waals surface area contributed by atoms with Gasteiger partial charge in [0.15, 0.2) is 0 Å². The summed E-state index contributed by atoms with van der Waals surface area (Å²) < 4.78 is 5.26. The zero-order chi connectivity index (χ0) is 10.6. The van der Waals surface area contributed by atoms with Crippen molar-refractivity contribution in [3.8, 4) is 0 Å². The number of hydrogen-bond donors (Lipinski definition) is 3. The standard InChI is InChI=1S/C8H15N3O3/c1-14-8(3-2-4-8)5-10-6(12)7(13)11-9/h2-5,9H2,1H3,(H,10,12)(H,11,13). The molecular weight excluding hydrogens is 186 g/mol. The van der Waals surface area contributed by atoms with Crippen molar-refractivity contribution in [3.63, 3.8) is 0 Å². The lowest BCUT2D eigenvalue weighted by Crippen LogP contribution is -2.52. The summed E-state index contributed by atoms with van der Waals surface area (Å²) in [5.41, 5.74) is 1.49. The van der Waals surface area contributed by atoms with E-state index < -0.39 is 11.8 Å². The highest BCUT2D eigenvalue weighted by Crippen LogP contribution is 2.34. The Bertz CT molecular complexity index is 232. The van der Waals surface area contributed by atoms with Crippen LogP contribution in [0.5, 0.6) is 0 Å². The molecule has 0 aromatic rings. The van der Waals surface area contributed by atoms with E-state index in [-0.39, 0.29) is 5.60 Å². The Balaban J connectivity index is 2.32. The number of rotatable bonds is 3. The van der Waals surface area contributed by atoms with Crippen molar-refractivity contribution in [2.75, 3.05) is 13.7 Å². The fourth-order valence-electron chi connectivity index (χ4n) is 1.41. The maximum atomic E-state index is 11.0. The number of hydrazine groups is 1. The number of nitrogens with one attached hydrogen (secondary N) is 2. The molecule has 0 heterocycles. The van der Waals surface area contributed by atoms with Gasteiger partial charge in [0, 0.05) is 13.7 Å². The van der Waals surface area contributed by atoms with Crippen LogP contribution in [0.4, 0.5) is 0 Å². The van der Waals surface area contributed by atoms with Gasteiger partial charge in [-0.2, -0.15) is 0 Å². The highest BCUT2D eigenvalue weighted by molar-refractivity contribution is 6.34. The van der Waals surface area contributed by atoms with Crippen molar-refractivity contribution in [2.45, 2.75) is 24.9 Å². The van der Waals surface area contributed by atoms with Crippen molar-refractivity contribution in [3.05, 3.63) is 0 Å². The molecule has 1 aliphatic carbocycles. The fraction of sp³-hybridized carbons (Fsp3) is 0.750. The Labute approximate surface area is 82.1 Å². The maximum absolute atomic E-state index is 11.0. The third-order valence-corrected chi connectivity index (χ3v) is 2.61. The van der Waals surface area contributed by atoms with E-state index >= 15 is 0 Å². The topological polar surface area (TPSA) is 93.4 Å². The molecular formula is C8H15N3O3. The molecule has 6 heteroatoms. The second-order valence-electron chi connectivity index (χ2n) is 3.40. The summed E-state index contributed by atoms with van der Waals surface area (Å²) in [4.78, 5) is 21.8. The lowest BCUT2D eigenvalue weighted by Gasteiger charge is -2.40. The zero-order valence-electron chi connectivity index (χ0n) is 8.13. The van der Waals surface area contributed by atoms with E-state index in [9.17, 15) is 9.59 Å². The van der Waals surface area contributed by atoms with Gasteiger partial charge in [-0.15, -0.1) is 0 Å². The Kier molecular flexibility index (Phi) is 3.43. The number of methoxy groups -OCH3 is 1. The molecule has 0 aromatic heterocycles. The largest absolute Gasteiger partial charge is 0.376 e. The van der Waals surface area contributed by atoms with E-state index in [0.717, 1.165) is 19.3 Å². The molecule has 0 aromatic carbocycles. The molecule has 0 unspecified atom stereocenters. The zero-order valence-corrected chi connectivity index (χ0v) is 8.13. The van der Waals surface area contributed by atoms with Crippen LogP contribution in [0, 0.1) is 0 Å². The monoisotopic (exact) mass is 201 g/mol. The summed E-state index contributed by atoms with van der Waals surface area (Å²) in [5.74, 6) is 3.24. The number of amides is 2. The molecule has 0 saturated heterocycles. The lowest BCUT2D eigenvalue weighted by molar-refractivity contribution is -0.141. The van der Waals surface area contributed by atoms with Gasteiger partial charge >= 0.3 is 11.8 Å². The molecule has 1 rings (SSSR count). The third kappa shape index (κ3) is 2.21. The van der Waals surface area contributed by atoms with Gasteiger partial charge in [-0.05, 0) is 19.3 Å². The van der Waals surface area contributed by atoms with Crippen molar-refractivity contribution < 1.29 is 14.3 Å². The molecule has 0 atom stereocenters. The van der Waals surface area contributed by atoms with Crippen LogP contribution in [0.25, 0.3) is 0 Å². The van der Waals surface area contributed by atoms with Crippen LogP contribution in [0.15, 0.2) is 0 Å². The van der Waals surface area contributed by atoms with Crippen LogP contribution in [0.2, 0.25) is 0 Å². The predicted octanol–water partition coefficient (Wildman–Crippen LogP) is -1.34. The van der Waals surface area contributed by atoms with E-state index in [1.807, 2.05) is 0 Å². The summed E-state index contributed by atoms with van der Waals surface area (Å²) in [6.07, 6.45) is 2.91. The highest BCUT2D eigenvalue weighted by atomic mass is 16.5. The molecule has 0 aliphatic heterocycles. The molecule has 80 valence electrons. The second-order valence-corrected chi connectivity index (χ2v) is 3.40. The maximum Gasteiger partial charge on any atom is 0.323 e. The minimum absolute atomic E-state index is 0.273.